The summed E-state index contributed by atoms with van der Waals surface area (Å²) >= 11 is 6.22. The first-order valence-electron chi connectivity index (χ1n) is 6.61. The zero-order valence-electron chi connectivity index (χ0n) is 11.3. The van der Waals surface area contributed by atoms with Crippen LogP contribution in [0.5, 0.6) is 0 Å². The van der Waals surface area contributed by atoms with E-state index < -0.39 is 5.60 Å². The van der Waals surface area contributed by atoms with E-state index in [0.29, 0.717) is 11.1 Å². The summed E-state index contributed by atoms with van der Waals surface area (Å²) in [7, 11) is 1.97. The van der Waals surface area contributed by atoms with Crippen LogP contribution in [0.4, 0.5) is 0 Å². The number of aliphatic hydroxyl groups is 1. The van der Waals surface area contributed by atoms with Crippen molar-refractivity contribution in [2.24, 2.45) is 0 Å². The summed E-state index contributed by atoms with van der Waals surface area (Å²) in [5.74, 6) is 0. The van der Waals surface area contributed by atoms with Crippen molar-refractivity contribution in [3.63, 3.8) is 0 Å². The third kappa shape index (κ3) is 2.42. The number of halogens is 1. The number of hydrogen-bond donors (Lipinski definition) is 2. The van der Waals surface area contributed by atoms with Crippen molar-refractivity contribution < 1.29 is 5.11 Å². The topological polar surface area (TPSA) is 50.1 Å². The lowest BCUT2D eigenvalue weighted by Gasteiger charge is -2.37. The molecule has 1 saturated carbocycles. The first kappa shape index (κ1) is 13.8. The van der Waals surface area contributed by atoms with Crippen molar-refractivity contribution in [1.29, 1.82) is 0 Å². The summed E-state index contributed by atoms with van der Waals surface area (Å²) in [5.41, 5.74) is -0.0423. The number of aromatic nitrogens is 2. The molecular weight excluding hydrogens is 250 g/mol. The van der Waals surface area contributed by atoms with E-state index in [1.165, 1.54) is 0 Å². The average Bonchev–Trinajstić information content (AvgIpc) is 2.73. The summed E-state index contributed by atoms with van der Waals surface area (Å²) in [4.78, 5) is 0. The molecule has 2 rings (SSSR count). The molecule has 0 amide bonds. The molecule has 1 aromatic rings. The largest absolute Gasteiger partial charge is 0.384 e. The maximum absolute atomic E-state index is 10.9. The van der Waals surface area contributed by atoms with Gasteiger partial charge in [0, 0.05) is 12.1 Å². The minimum absolute atomic E-state index is 0.207. The van der Waals surface area contributed by atoms with Crippen molar-refractivity contribution in [3.8, 4) is 0 Å². The second kappa shape index (κ2) is 5.19. The summed E-state index contributed by atoms with van der Waals surface area (Å²) in [6.07, 6.45) is 5.03. The monoisotopic (exact) mass is 271 g/mol. The van der Waals surface area contributed by atoms with Gasteiger partial charge in [0.2, 0.25) is 0 Å². The van der Waals surface area contributed by atoms with E-state index in [-0.39, 0.29) is 6.04 Å². The van der Waals surface area contributed by atoms with E-state index >= 15 is 0 Å². The van der Waals surface area contributed by atoms with E-state index in [1.807, 2.05) is 11.7 Å². The molecule has 102 valence electrons. The predicted octanol–water partition coefficient (Wildman–Crippen LogP) is 2.47. The van der Waals surface area contributed by atoms with Crippen LogP contribution in [-0.4, -0.2) is 28.0 Å². The molecule has 4 nitrogen and oxygen atoms in total. The third-order valence-electron chi connectivity index (χ3n) is 3.90. The van der Waals surface area contributed by atoms with Gasteiger partial charge in [0.05, 0.1) is 16.9 Å². The maximum Gasteiger partial charge on any atom is 0.108 e. The molecule has 1 heterocycles. The second-order valence-corrected chi connectivity index (χ2v) is 5.88. The Bertz CT molecular complexity index is 408. The van der Waals surface area contributed by atoms with Crippen molar-refractivity contribution in [3.05, 3.63) is 16.9 Å². The Hall–Kier alpha value is -0.580. The normalized spacial score (nSPS) is 28.9. The van der Waals surface area contributed by atoms with Gasteiger partial charge in [-0.05, 0) is 46.6 Å². The Kier molecular flexibility index (Phi) is 3.99. The van der Waals surface area contributed by atoms with Gasteiger partial charge in [-0.25, -0.2) is 0 Å². The van der Waals surface area contributed by atoms with E-state index in [4.69, 9.17) is 11.6 Å². The zero-order chi connectivity index (χ0) is 13.3. The Morgan fingerprint density at radius 1 is 1.50 bits per heavy atom. The molecule has 0 spiro atoms. The summed E-state index contributed by atoms with van der Waals surface area (Å²) in [6.45, 7) is 4.10. The lowest BCUT2D eigenvalue weighted by Crippen LogP contribution is -2.40. The first-order valence-corrected chi connectivity index (χ1v) is 6.99. The molecule has 18 heavy (non-hydrogen) atoms. The molecule has 5 heteroatoms. The van der Waals surface area contributed by atoms with Crippen molar-refractivity contribution in [2.45, 2.75) is 57.2 Å². The number of nitrogens with zero attached hydrogens (tertiary/aromatic N) is 2. The molecule has 1 fully saturated rings. The Morgan fingerprint density at radius 2 is 2.11 bits per heavy atom. The molecule has 0 aliphatic heterocycles. The van der Waals surface area contributed by atoms with Crippen LogP contribution < -0.4 is 5.32 Å². The fourth-order valence-electron chi connectivity index (χ4n) is 2.79. The van der Waals surface area contributed by atoms with Crippen molar-refractivity contribution >= 4 is 11.6 Å². The van der Waals surface area contributed by atoms with E-state index in [9.17, 15) is 5.11 Å². The van der Waals surface area contributed by atoms with Crippen LogP contribution in [0.1, 0.15) is 51.3 Å². The highest BCUT2D eigenvalue weighted by molar-refractivity contribution is 6.31. The average molecular weight is 272 g/mol. The molecule has 0 atom stereocenters. The van der Waals surface area contributed by atoms with Crippen LogP contribution in [0.3, 0.4) is 0 Å². The van der Waals surface area contributed by atoms with Crippen LogP contribution in [0.2, 0.25) is 5.02 Å². The zero-order valence-corrected chi connectivity index (χ0v) is 12.0. The molecule has 1 aromatic heterocycles. The van der Waals surface area contributed by atoms with Crippen LogP contribution in [0, 0.1) is 0 Å². The number of rotatable bonds is 3. The molecule has 0 aromatic carbocycles. The first-order chi connectivity index (χ1) is 8.48. The van der Waals surface area contributed by atoms with Crippen LogP contribution >= 0.6 is 11.6 Å². The van der Waals surface area contributed by atoms with Gasteiger partial charge in [-0.1, -0.05) is 11.6 Å². The summed E-state index contributed by atoms with van der Waals surface area (Å²) in [6, 6.07) is 0.707. The smallest absolute Gasteiger partial charge is 0.108 e. The van der Waals surface area contributed by atoms with Gasteiger partial charge in [0.25, 0.3) is 0 Å². The molecule has 2 N–H and O–H groups in total. The molecule has 1 aliphatic rings. The van der Waals surface area contributed by atoms with Crippen molar-refractivity contribution in [1.82, 2.24) is 15.1 Å². The Morgan fingerprint density at radius 3 is 2.61 bits per heavy atom. The quantitative estimate of drug-likeness (QED) is 0.888. The highest BCUT2D eigenvalue weighted by atomic mass is 35.5. The Labute approximate surface area is 113 Å². The molecule has 0 saturated heterocycles. The lowest BCUT2D eigenvalue weighted by atomic mass is 9.80. The van der Waals surface area contributed by atoms with Crippen molar-refractivity contribution in [2.75, 3.05) is 7.05 Å². The van der Waals surface area contributed by atoms with E-state index in [2.05, 4.69) is 24.3 Å². The molecule has 1 aliphatic carbocycles. The second-order valence-electron chi connectivity index (χ2n) is 5.47. The number of hydrogen-bond acceptors (Lipinski definition) is 3. The van der Waals surface area contributed by atoms with Gasteiger partial charge in [-0.3, -0.25) is 4.68 Å². The number of nitrogens with one attached hydrogen (secondary N) is 1. The fourth-order valence-corrected chi connectivity index (χ4v) is 3.10. The standard InChI is InChI=1S/C13H22ClN3O/c1-9(2)17-12(11(14)8-16-17)13(18)6-4-10(15-3)5-7-13/h8-10,15,18H,4-7H2,1-3H3. The minimum Gasteiger partial charge on any atom is -0.384 e. The highest BCUT2D eigenvalue weighted by Crippen LogP contribution is 2.40. The SMILES string of the molecule is CNC1CCC(O)(c2c(Cl)cnn2C(C)C)CC1. The summed E-state index contributed by atoms with van der Waals surface area (Å²) in [5, 5.41) is 19.0. The van der Waals surface area contributed by atoms with Gasteiger partial charge in [-0.2, -0.15) is 5.10 Å². The fraction of sp³-hybridized carbons (Fsp3) is 0.769. The molecule has 0 unspecified atom stereocenters. The van der Waals surface area contributed by atoms with Gasteiger partial charge >= 0.3 is 0 Å². The minimum atomic E-state index is -0.828. The molecule has 0 radical (unpaired) electrons. The lowest BCUT2D eigenvalue weighted by molar-refractivity contribution is -0.0162. The van der Waals surface area contributed by atoms with Crippen LogP contribution in [0.15, 0.2) is 6.20 Å². The third-order valence-corrected chi connectivity index (χ3v) is 4.18. The van der Waals surface area contributed by atoms with Crippen LogP contribution in [0.25, 0.3) is 0 Å². The predicted molar refractivity (Wildman–Crippen MR) is 72.8 cm³/mol. The van der Waals surface area contributed by atoms with Gasteiger partial charge < -0.3 is 10.4 Å². The van der Waals surface area contributed by atoms with Crippen LogP contribution in [-0.2, 0) is 5.60 Å². The summed E-state index contributed by atoms with van der Waals surface area (Å²) < 4.78 is 1.85. The highest BCUT2D eigenvalue weighted by Gasteiger charge is 2.39. The van der Waals surface area contributed by atoms with E-state index in [0.717, 1.165) is 31.4 Å². The van der Waals surface area contributed by atoms with E-state index in [1.54, 1.807) is 6.20 Å². The van der Waals surface area contributed by atoms with Gasteiger partial charge in [0.1, 0.15) is 5.60 Å². The Balaban J connectivity index is 2.28. The maximum atomic E-state index is 10.9. The molecule has 0 bridgehead atoms. The van der Waals surface area contributed by atoms with Gasteiger partial charge in [0.15, 0.2) is 0 Å². The molecular formula is C13H22ClN3O. The van der Waals surface area contributed by atoms with Gasteiger partial charge in [-0.15, -0.1) is 0 Å².